The molecule has 3 aromatic rings. The number of methoxy groups -OCH3 is 1. The Bertz CT molecular complexity index is 1020. The smallest absolute Gasteiger partial charge is 0.403 e. The van der Waals surface area contributed by atoms with Gasteiger partial charge in [0.05, 0.1) is 29.5 Å². The van der Waals surface area contributed by atoms with Crippen molar-refractivity contribution in [1.82, 2.24) is 19.9 Å². The largest absolute Gasteiger partial charge is 0.481 e. The highest BCUT2D eigenvalue weighted by Crippen LogP contribution is 2.35. The van der Waals surface area contributed by atoms with Gasteiger partial charge in [-0.3, -0.25) is 0 Å². The van der Waals surface area contributed by atoms with Crippen molar-refractivity contribution in [2.75, 3.05) is 7.11 Å². The molecule has 0 amide bonds. The summed E-state index contributed by atoms with van der Waals surface area (Å²) in [6, 6.07) is 3.87. The average Bonchev–Trinajstić information content (AvgIpc) is 2.98. The van der Waals surface area contributed by atoms with Gasteiger partial charge in [0, 0.05) is 30.1 Å². The number of imidazole rings is 1. The summed E-state index contributed by atoms with van der Waals surface area (Å²) in [6.45, 7) is 2.83. The second kappa shape index (κ2) is 7.60. The second-order valence-electron chi connectivity index (χ2n) is 6.54. The van der Waals surface area contributed by atoms with E-state index in [2.05, 4.69) is 15.3 Å². The van der Waals surface area contributed by atoms with Crippen LogP contribution in [-0.4, -0.2) is 33.9 Å². The molecular formula is C19H20ClF3N4O. The first-order valence-electron chi connectivity index (χ1n) is 8.58. The van der Waals surface area contributed by atoms with E-state index in [0.717, 1.165) is 24.0 Å². The van der Waals surface area contributed by atoms with Gasteiger partial charge in [-0.25, -0.2) is 9.97 Å². The highest BCUT2D eigenvalue weighted by atomic mass is 35.5. The number of halogens is 4. The summed E-state index contributed by atoms with van der Waals surface area (Å²) in [4.78, 5) is 8.70. The van der Waals surface area contributed by atoms with Gasteiger partial charge in [0.25, 0.3) is 0 Å². The molecule has 0 radical (unpaired) electrons. The van der Waals surface area contributed by atoms with Gasteiger partial charge in [-0.1, -0.05) is 17.7 Å². The summed E-state index contributed by atoms with van der Waals surface area (Å²) in [6.07, 6.45) is -2.59. The van der Waals surface area contributed by atoms with Crippen LogP contribution < -0.4 is 10.1 Å². The van der Waals surface area contributed by atoms with E-state index in [1.54, 1.807) is 12.3 Å². The van der Waals surface area contributed by atoms with Crippen molar-refractivity contribution < 1.29 is 17.9 Å². The summed E-state index contributed by atoms with van der Waals surface area (Å²) in [5, 5.41) is 3.38. The number of ether oxygens (including phenoxy) is 1. The van der Waals surface area contributed by atoms with Crippen molar-refractivity contribution >= 4 is 22.5 Å². The number of hydrogen-bond donors (Lipinski definition) is 1. The van der Waals surface area contributed by atoms with Gasteiger partial charge < -0.3 is 14.6 Å². The predicted octanol–water partition coefficient (Wildman–Crippen LogP) is 4.65. The minimum absolute atomic E-state index is 0.124. The normalized spacial score (nSPS) is 13.1. The number of pyridine rings is 1. The monoisotopic (exact) mass is 412 g/mol. The first-order chi connectivity index (χ1) is 13.1. The summed E-state index contributed by atoms with van der Waals surface area (Å²) < 4.78 is 45.7. The van der Waals surface area contributed by atoms with Crippen LogP contribution in [0.3, 0.4) is 0 Å². The van der Waals surface area contributed by atoms with Crippen LogP contribution in [0.5, 0.6) is 5.88 Å². The predicted molar refractivity (Wildman–Crippen MR) is 103 cm³/mol. The lowest BCUT2D eigenvalue weighted by Gasteiger charge is -2.19. The van der Waals surface area contributed by atoms with E-state index >= 15 is 0 Å². The van der Waals surface area contributed by atoms with Crippen LogP contribution in [0.4, 0.5) is 13.2 Å². The van der Waals surface area contributed by atoms with Gasteiger partial charge >= 0.3 is 6.18 Å². The Morgan fingerprint density at radius 2 is 2.04 bits per heavy atom. The number of nitrogens with zero attached hydrogens (tertiary/aromatic N) is 3. The second-order valence-corrected chi connectivity index (χ2v) is 6.92. The zero-order valence-corrected chi connectivity index (χ0v) is 16.6. The maximum atomic E-state index is 12.8. The Morgan fingerprint density at radius 3 is 2.61 bits per heavy atom. The van der Waals surface area contributed by atoms with Crippen molar-refractivity contribution in [3.63, 3.8) is 0 Å². The Labute approximate surface area is 165 Å². The Balaban J connectivity index is 2.06. The number of fused-ring (bicyclic) bond motifs is 1. The number of aromatic nitrogens is 3. The van der Waals surface area contributed by atoms with E-state index in [0.29, 0.717) is 21.5 Å². The zero-order valence-electron chi connectivity index (χ0n) is 15.9. The van der Waals surface area contributed by atoms with E-state index in [9.17, 15) is 13.2 Å². The van der Waals surface area contributed by atoms with Crippen molar-refractivity contribution in [1.29, 1.82) is 0 Å². The molecule has 0 spiro atoms. The van der Waals surface area contributed by atoms with Crippen molar-refractivity contribution in [2.24, 2.45) is 7.05 Å². The van der Waals surface area contributed by atoms with Gasteiger partial charge in [-0.15, -0.1) is 0 Å². The molecule has 0 aliphatic heterocycles. The molecule has 0 saturated heterocycles. The summed E-state index contributed by atoms with van der Waals surface area (Å²) in [5.74, 6) is 1.06. The minimum Gasteiger partial charge on any atom is -0.481 e. The molecule has 1 aromatic carbocycles. The average molecular weight is 413 g/mol. The SMILES string of the molecule is COc1nc2ccc(-c3cnc(C)n3C)cc2c(Cl)c1CN[C@@H](C)C(F)(F)F. The topological polar surface area (TPSA) is 52.0 Å². The number of rotatable bonds is 5. The summed E-state index contributed by atoms with van der Waals surface area (Å²) >= 11 is 6.56. The summed E-state index contributed by atoms with van der Waals surface area (Å²) in [7, 11) is 3.32. The maximum Gasteiger partial charge on any atom is 0.403 e. The first-order valence-corrected chi connectivity index (χ1v) is 8.96. The molecule has 28 heavy (non-hydrogen) atoms. The molecule has 0 aliphatic carbocycles. The molecule has 0 saturated carbocycles. The van der Waals surface area contributed by atoms with Crippen LogP contribution in [0.25, 0.3) is 22.2 Å². The van der Waals surface area contributed by atoms with Crippen molar-refractivity contribution in [3.8, 4) is 17.1 Å². The van der Waals surface area contributed by atoms with Crippen molar-refractivity contribution in [2.45, 2.75) is 32.6 Å². The molecule has 2 heterocycles. The third-order valence-electron chi connectivity index (χ3n) is 4.76. The molecule has 9 heteroatoms. The minimum atomic E-state index is -4.35. The molecular weight excluding hydrogens is 393 g/mol. The molecule has 0 bridgehead atoms. The Hall–Kier alpha value is -2.32. The molecule has 0 aliphatic rings. The lowest BCUT2D eigenvalue weighted by atomic mass is 10.1. The van der Waals surface area contributed by atoms with Crippen LogP contribution in [0.2, 0.25) is 5.02 Å². The fourth-order valence-corrected chi connectivity index (χ4v) is 3.16. The fraction of sp³-hybridized carbons (Fsp3) is 0.368. The van der Waals surface area contributed by atoms with Gasteiger partial charge in [0.15, 0.2) is 0 Å². The molecule has 2 aromatic heterocycles. The van der Waals surface area contributed by atoms with Gasteiger partial charge in [-0.2, -0.15) is 13.2 Å². The molecule has 3 rings (SSSR count). The lowest BCUT2D eigenvalue weighted by Crippen LogP contribution is -2.39. The molecule has 1 N–H and O–H groups in total. The first kappa shape index (κ1) is 20.4. The molecule has 0 fully saturated rings. The lowest BCUT2D eigenvalue weighted by molar-refractivity contribution is -0.151. The van der Waals surface area contributed by atoms with Crippen LogP contribution in [0.15, 0.2) is 24.4 Å². The van der Waals surface area contributed by atoms with Crippen LogP contribution >= 0.6 is 11.6 Å². The fourth-order valence-electron chi connectivity index (χ4n) is 2.87. The van der Waals surface area contributed by atoms with Crippen LogP contribution in [0.1, 0.15) is 18.3 Å². The summed E-state index contributed by atoms with van der Waals surface area (Å²) in [5.41, 5.74) is 2.76. The number of alkyl halides is 3. The van der Waals surface area contributed by atoms with E-state index in [1.165, 1.54) is 7.11 Å². The molecule has 1 atom stereocenters. The molecule has 150 valence electrons. The third kappa shape index (κ3) is 3.79. The molecule has 5 nitrogen and oxygen atoms in total. The van der Waals surface area contributed by atoms with E-state index in [-0.39, 0.29) is 12.4 Å². The Kier molecular flexibility index (Phi) is 5.54. The number of nitrogens with one attached hydrogen (secondary N) is 1. The third-order valence-corrected chi connectivity index (χ3v) is 5.20. The van der Waals surface area contributed by atoms with Crippen LogP contribution in [-0.2, 0) is 13.6 Å². The van der Waals surface area contributed by atoms with Gasteiger partial charge in [0.1, 0.15) is 11.9 Å². The van der Waals surface area contributed by atoms with E-state index < -0.39 is 12.2 Å². The zero-order chi connectivity index (χ0) is 20.6. The van der Waals surface area contributed by atoms with Gasteiger partial charge in [0.2, 0.25) is 5.88 Å². The number of aryl methyl sites for hydroxylation is 1. The quantitative estimate of drug-likeness (QED) is 0.663. The van der Waals surface area contributed by atoms with Crippen LogP contribution in [0, 0.1) is 6.92 Å². The van der Waals surface area contributed by atoms with E-state index in [1.807, 2.05) is 30.7 Å². The number of benzene rings is 1. The van der Waals surface area contributed by atoms with Gasteiger partial charge in [-0.05, 0) is 26.0 Å². The van der Waals surface area contributed by atoms with E-state index in [4.69, 9.17) is 16.3 Å². The molecule has 0 unspecified atom stereocenters. The highest BCUT2D eigenvalue weighted by Gasteiger charge is 2.35. The highest BCUT2D eigenvalue weighted by molar-refractivity contribution is 6.36. The maximum absolute atomic E-state index is 12.8. The standard InChI is InChI=1S/C19H20ClF3N4O/c1-10(19(21,22)23)24-8-14-17(20)13-7-12(16-9-25-11(2)27(16)3)5-6-15(13)26-18(14)28-4/h5-7,9-10,24H,8H2,1-4H3/t10-/m0/s1. The van der Waals surface area contributed by atoms with Crippen molar-refractivity contribution in [3.05, 3.63) is 40.8 Å². The number of hydrogen-bond acceptors (Lipinski definition) is 4. The Morgan fingerprint density at radius 1 is 1.32 bits per heavy atom.